The summed E-state index contributed by atoms with van der Waals surface area (Å²) in [6.45, 7) is 0. The van der Waals surface area contributed by atoms with Crippen molar-refractivity contribution < 1.29 is 19.1 Å². The number of aliphatic hydroxyl groups is 1. The summed E-state index contributed by atoms with van der Waals surface area (Å²) in [5, 5.41) is 9.96. The number of aliphatic hydroxyl groups excluding tert-OH is 1. The van der Waals surface area contributed by atoms with Gasteiger partial charge in [0.25, 0.3) is 5.91 Å². The zero-order chi connectivity index (χ0) is 15.7. The fraction of sp³-hybridized carbons (Fsp3) is 0.429. The number of halogens is 2. The predicted molar refractivity (Wildman–Crippen MR) is 75.2 cm³/mol. The van der Waals surface area contributed by atoms with Crippen molar-refractivity contribution in [3.05, 3.63) is 34.6 Å². The Balaban J connectivity index is 2.16. The summed E-state index contributed by atoms with van der Waals surface area (Å²) in [6.07, 6.45) is -0.0816. The van der Waals surface area contributed by atoms with Crippen LogP contribution in [0.2, 0.25) is 5.02 Å². The van der Waals surface area contributed by atoms with Gasteiger partial charge < -0.3 is 15.7 Å². The summed E-state index contributed by atoms with van der Waals surface area (Å²) in [5.74, 6) is -2.23. The molecule has 0 unspecified atom stereocenters. The van der Waals surface area contributed by atoms with E-state index < -0.39 is 35.7 Å². The monoisotopic (exact) mass is 314 g/mol. The Morgan fingerprint density at radius 2 is 2.10 bits per heavy atom. The highest BCUT2D eigenvalue weighted by molar-refractivity contribution is 6.31. The molecule has 2 rings (SSSR count). The van der Waals surface area contributed by atoms with Gasteiger partial charge in [-0.05, 0) is 31.0 Å². The Morgan fingerprint density at radius 1 is 1.43 bits per heavy atom. The summed E-state index contributed by atoms with van der Waals surface area (Å²) >= 11 is 5.66. The van der Waals surface area contributed by atoms with Gasteiger partial charge in [0.2, 0.25) is 5.91 Å². The zero-order valence-corrected chi connectivity index (χ0v) is 12.2. The molecule has 0 bridgehead atoms. The van der Waals surface area contributed by atoms with Crippen molar-refractivity contribution in [3.8, 4) is 0 Å². The molecule has 1 aromatic carbocycles. The van der Waals surface area contributed by atoms with Crippen LogP contribution in [0.3, 0.4) is 0 Å². The van der Waals surface area contributed by atoms with Crippen LogP contribution in [0.5, 0.6) is 0 Å². The molecule has 1 aromatic rings. The van der Waals surface area contributed by atoms with Gasteiger partial charge in [-0.25, -0.2) is 4.39 Å². The number of carbonyl (C=O) groups is 2. The van der Waals surface area contributed by atoms with Gasteiger partial charge in [-0.2, -0.15) is 0 Å². The highest BCUT2D eigenvalue weighted by Crippen LogP contribution is 2.30. The van der Waals surface area contributed by atoms with Gasteiger partial charge in [0.1, 0.15) is 5.82 Å². The van der Waals surface area contributed by atoms with E-state index in [0.717, 1.165) is 6.07 Å². The van der Waals surface area contributed by atoms with E-state index in [1.807, 2.05) is 0 Å². The molecule has 0 heterocycles. The van der Waals surface area contributed by atoms with E-state index in [-0.39, 0.29) is 10.6 Å². The lowest BCUT2D eigenvalue weighted by molar-refractivity contribution is -0.124. The number of amides is 2. The fourth-order valence-corrected chi connectivity index (χ4v) is 2.86. The number of primary amides is 1. The van der Waals surface area contributed by atoms with Crippen LogP contribution in [0, 0.1) is 11.7 Å². The van der Waals surface area contributed by atoms with Crippen molar-refractivity contribution in [2.75, 3.05) is 7.05 Å². The highest BCUT2D eigenvalue weighted by atomic mass is 35.5. The third-order valence-corrected chi connectivity index (χ3v) is 4.22. The second-order valence-corrected chi connectivity index (χ2v) is 5.60. The molecule has 1 aliphatic carbocycles. The Labute approximate surface area is 126 Å². The lowest BCUT2D eigenvalue weighted by atomic mass is 10.0. The van der Waals surface area contributed by atoms with Gasteiger partial charge >= 0.3 is 0 Å². The SMILES string of the molecule is CN(C(=O)c1ccc(F)c(Cl)c1)[C@@H]1CC[C@@H](C(N)=O)[C@@H]1O. The van der Waals surface area contributed by atoms with Crippen LogP contribution in [0.1, 0.15) is 23.2 Å². The van der Waals surface area contributed by atoms with E-state index in [4.69, 9.17) is 17.3 Å². The Morgan fingerprint density at radius 3 is 2.62 bits per heavy atom. The molecular formula is C14H16ClFN2O3. The van der Waals surface area contributed by atoms with Crippen molar-refractivity contribution in [1.29, 1.82) is 0 Å². The molecule has 114 valence electrons. The van der Waals surface area contributed by atoms with E-state index in [1.165, 1.54) is 24.1 Å². The van der Waals surface area contributed by atoms with E-state index in [0.29, 0.717) is 12.8 Å². The van der Waals surface area contributed by atoms with Gasteiger partial charge in [-0.3, -0.25) is 9.59 Å². The number of rotatable bonds is 3. The van der Waals surface area contributed by atoms with Crippen LogP contribution < -0.4 is 5.73 Å². The topological polar surface area (TPSA) is 83.6 Å². The molecule has 21 heavy (non-hydrogen) atoms. The first-order valence-electron chi connectivity index (χ1n) is 6.52. The minimum Gasteiger partial charge on any atom is -0.390 e. The molecule has 3 atom stereocenters. The minimum absolute atomic E-state index is 0.142. The van der Waals surface area contributed by atoms with Crippen LogP contribution in [-0.2, 0) is 4.79 Å². The average molecular weight is 315 g/mol. The number of nitrogens with two attached hydrogens (primary N) is 1. The molecule has 0 saturated heterocycles. The van der Waals surface area contributed by atoms with E-state index >= 15 is 0 Å². The molecule has 1 saturated carbocycles. The molecule has 3 N–H and O–H groups in total. The summed E-state index contributed by atoms with van der Waals surface area (Å²) in [7, 11) is 1.52. The molecule has 2 amide bonds. The lowest BCUT2D eigenvalue weighted by Crippen LogP contribution is -2.45. The maximum atomic E-state index is 13.1. The highest BCUT2D eigenvalue weighted by Gasteiger charge is 2.41. The molecule has 1 aliphatic rings. The van der Waals surface area contributed by atoms with Crippen molar-refractivity contribution in [2.24, 2.45) is 11.7 Å². The second kappa shape index (κ2) is 5.99. The largest absolute Gasteiger partial charge is 0.390 e. The quantitative estimate of drug-likeness (QED) is 0.878. The lowest BCUT2D eigenvalue weighted by Gasteiger charge is -2.28. The predicted octanol–water partition coefficient (Wildman–Crippen LogP) is 1.18. The third-order valence-electron chi connectivity index (χ3n) is 3.93. The molecule has 0 radical (unpaired) electrons. The van der Waals surface area contributed by atoms with E-state index in [2.05, 4.69) is 0 Å². The first kappa shape index (κ1) is 15.7. The van der Waals surface area contributed by atoms with Crippen LogP contribution in [-0.4, -0.2) is 41.0 Å². The standard InChI is InChI=1S/C14H16ClFN2O3/c1-18(11-5-3-8(12(11)19)13(17)20)14(21)7-2-4-10(16)9(15)6-7/h2,4,6,8,11-12,19H,3,5H2,1H3,(H2,17,20)/t8-,11-,12+/m1/s1. The van der Waals surface area contributed by atoms with Crippen LogP contribution in [0.4, 0.5) is 4.39 Å². The molecule has 0 aromatic heterocycles. The van der Waals surface area contributed by atoms with Crippen molar-refractivity contribution in [2.45, 2.75) is 25.0 Å². The van der Waals surface area contributed by atoms with Crippen molar-refractivity contribution >= 4 is 23.4 Å². The number of nitrogens with zero attached hydrogens (tertiary/aromatic N) is 1. The van der Waals surface area contributed by atoms with Crippen molar-refractivity contribution in [3.63, 3.8) is 0 Å². The van der Waals surface area contributed by atoms with Gasteiger partial charge in [0.05, 0.1) is 23.1 Å². The maximum absolute atomic E-state index is 13.1. The Kier molecular flexibility index (Phi) is 4.49. The number of carbonyl (C=O) groups excluding carboxylic acids is 2. The molecular weight excluding hydrogens is 299 g/mol. The fourth-order valence-electron chi connectivity index (χ4n) is 2.68. The van der Waals surface area contributed by atoms with Gasteiger partial charge in [-0.1, -0.05) is 11.6 Å². The van der Waals surface area contributed by atoms with Crippen LogP contribution >= 0.6 is 11.6 Å². The van der Waals surface area contributed by atoms with Crippen LogP contribution in [0.25, 0.3) is 0 Å². The summed E-state index contributed by atoms with van der Waals surface area (Å²) in [5.41, 5.74) is 5.43. The molecule has 0 spiro atoms. The normalized spacial score (nSPS) is 24.9. The smallest absolute Gasteiger partial charge is 0.253 e. The average Bonchev–Trinajstić information content (AvgIpc) is 2.82. The van der Waals surface area contributed by atoms with Crippen LogP contribution in [0.15, 0.2) is 18.2 Å². The van der Waals surface area contributed by atoms with E-state index in [9.17, 15) is 19.1 Å². The summed E-state index contributed by atoms with van der Waals surface area (Å²) in [6, 6.07) is 3.18. The number of benzene rings is 1. The first-order valence-corrected chi connectivity index (χ1v) is 6.90. The molecule has 0 aliphatic heterocycles. The Hall–Kier alpha value is -1.66. The summed E-state index contributed by atoms with van der Waals surface area (Å²) < 4.78 is 13.1. The van der Waals surface area contributed by atoms with Gasteiger partial charge in [-0.15, -0.1) is 0 Å². The van der Waals surface area contributed by atoms with Crippen molar-refractivity contribution in [1.82, 2.24) is 4.90 Å². The zero-order valence-electron chi connectivity index (χ0n) is 11.4. The Bertz CT molecular complexity index is 581. The molecule has 1 fully saturated rings. The first-order chi connectivity index (χ1) is 9.82. The molecule has 5 nitrogen and oxygen atoms in total. The second-order valence-electron chi connectivity index (χ2n) is 5.19. The van der Waals surface area contributed by atoms with Gasteiger partial charge in [0.15, 0.2) is 0 Å². The maximum Gasteiger partial charge on any atom is 0.253 e. The third kappa shape index (κ3) is 3.01. The minimum atomic E-state index is -0.993. The molecule has 7 heteroatoms. The van der Waals surface area contributed by atoms with Gasteiger partial charge in [0, 0.05) is 12.6 Å². The van der Waals surface area contributed by atoms with E-state index in [1.54, 1.807) is 0 Å². The number of hydrogen-bond donors (Lipinski definition) is 2. The summed E-state index contributed by atoms with van der Waals surface area (Å²) in [4.78, 5) is 24.9. The number of hydrogen-bond acceptors (Lipinski definition) is 3. The number of likely N-dealkylation sites (N-methyl/N-ethyl adjacent to an activating group) is 1.